The lowest BCUT2D eigenvalue weighted by Gasteiger charge is -2.12. The van der Waals surface area contributed by atoms with Crippen LogP contribution in [-0.2, 0) is 0 Å². The van der Waals surface area contributed by atoms with Crippen LogP contribution < -0.4 is 5.32 Å². The van der Waals surface area contributed by atoms with E-state index < -0.39 is 11.7 Å². The van der Waals surface area contributed by atoms with Crippen LogP contribution in [0.25, 0.3) is 17.2 Å². The van der Waals surface area contributed by atoms with E-state index in [1.807, 2.05) is 21.4 Å². The molecule has 1 aliphatic rings. The highest BCUT2D eigenvalue weighted by Gasteiger charge is 2.27. The minimum atomic E-state index is -0.595. The maximum absolute atomic E-state index is 14.8. The highest BCUT2D eigenvalue weighted by atomic mass is 19.1. The van der Waals surface area contributed by atoms with Gasteiger partial charge >= 0.3 is 0 Å². The molecule has 4 aromatic rings. The number of carbonyl (C=O) groups is 1. The van der Waals surface area contributed by atoms with E-state index in [0.29, 0.717) is 34.6 Å². The molecule has 1 aromatic carbocycles. The van der Waals surface area contributed by atoms with Gasteiger partial charge in [0, 0.05) is 12.2 Å². The first kappa shape index (κ1) is 21.0. The smallest absolute Gasteiger partial charge is 0.259 e. The Morgan fingerprint density at radius 2 is 2.03 bits per heavy atom. The number of imidazole rings is 1. The van der Waals surface area contributed by atoms with Crippen molar-refractivity contribution in [3.63, 3.8) is 0 Å². The van der Waals surface area contributed by atoms with E-state index >= 15 is 0 Å². The van der Waals surface area contributed by atoms with Crippen LogP contribution in [0.4, 0.5) is 10.2 Å². The number of carbonyl (C=O) groups excluding carboxylic acids is 1. The molecule has 33 heavy (non-hydrogen) atoms. The zero-order valence-corrected chi connectivity index (χ0v) is 18.7. The van der Waals surface area contributed by atoms with Gasteiger partial charge in [-0.2, -0.15) is 0 Å². The third-order valence-electron chi connectivity index (χ3n) is 5.74. The largest absolute Gasteiger partial charge is 0.309 e. The van der Waals surface area contributed by atoms with Gasteiger partial charge in [-0.3, -0.25) is 4.79 Å². The molecule has 3 aromatic heterocycles. The number of nitrogens with one attached hydrogen (secondary N) is 1. The molecule has 1 N–H and O–H groups in total. The number of hydrogen-bond acceptors (Lipinski definition) is 5. The first-order valence-corrected chi connectivity index (χ1v) is 10.9. The molecule has 1 aliphatic carbocycles. The zero-order valence-electron chi connectivity index (χ0n) is 18.7. The van der Waals surface area contributed by atoms with E-state index in [2.05, 4.69) is 39.3 Å². The molecule has 0 unspecified atom stereocenters. The number of rotatable bonds is 6. The summed E-state index contributed by atoms with van der Waals surface area (Å²) in [5.41, 5.74) is 2.85. The van der Waals surface area contributed by atoms with E-state index in [0.717, 1.165) is 18.5 Å². The summed E-state index contributed by atoms with van der Waals surface area (Å²) >= 11 is 0. The third-order valence-corrected chi connectivity index (χ3v) is 5.74. The van der Waals surface area contributed by atoms with E-state index in [-0.39, 0.29) is 11.5 Å². The normalized spacial score (nSPS) is 13.5. The van der Waals surface area contributed by atoms with Crippen molar-refractivity contribution >= 4 is 11.7 Å². The number of aromatic nitrogens is 6. The number of pyridine rings is 1. The van der Waals surface area contributed by atoms with Crippen molar-refractivity contribution in [2.75, 3.05) is 5.32 Å². The van der Waals surface area contributed by atoms with Crippen molar-refractivity contribution in [2.24, 2.45) is 0 Å². The number of halogens is 1. The van der Waals surface area contributed by atoms with E-state index in [1.54, 1.807) is 37.8 Å². The van der Waals surface area contributed by atoms with Gasteiger partial charge in [-0.1, -0.05) is 19.9 Å². The highest BCUT2D eigenvalue weighted by Crippen LogP contribution is 2.37. The molecule has 1 amide bonds. The quantitative estimate of drug-likeness (QED) is 0.465. The molecule has 0 aliphatic heterocycles. The molecule has 168 valence electrons. The summed E-state index contributed by atoms with van der Waals surface area (Å²) in [7, 11) is 0. The molecule has 0 saturated heterocycles. The summed E-state index contributed by atoms with van der Waals surface area (Å²) in [6.45, 7) is 5.91. The maximum atomic E-state index is 14.8. The van der Waals surface area contributed by atoms with Crippen LogP contribution in [0.3, 0.4) is 0 Å². The second kappa shape index (κ2) is 8.23. The summed E-state index contributed by atoms with van der Waals surface area (Å²) in [5, 5.41) is 10.9. The lowest BCUT2D eigenvalue weighted by molar-refractivity contribution is 0.102. The number of anilines is 1. The Kier molecular flexibility index (Phi) is 5.24. The van der Waals surface area contributed by atoms with Crippen LogP contribution in [-0.4, -0.2) is 35.2 Å². The fourth-order valence-corrected chi connectivity index (χ4v) is 3.74. The van der Waals surface area contributed by atoms with Crippen LogP contribution in [0.5, 0.6) is 0 Å². The monoisotopic (exact) mass is 445 g/mol. The Morgan fingerprint density at radius 3 is 2.76 bits per heavy atom. The summed E-state index contributed by atoms with van der Waals surface area (Å²) in [6.07, 6.45) is 7.45. The molecule has 8 nitrogen and oxygen atoms in total. The minimum Gasteiger partial charge on any atom is -0.309 e. The SMILES string of the molecule is Cc1cc(F)c(C(=O)Nc2cccc(-c3nncn3C3CC3)n2)cc1-n1cnc(C(C)C)c1. The van der Waals surface area contributed by atoms with Crippen molar-refractivity contribution in [1.82, 2.24) is 29.3 Å². The highest BCUT2D eigenvalue weighted by molar-refractivity contribution is 6.04. The number of benzene rings is 1. The molecule has 5 rings (SSSR count). The van der Waals surface area contributed by atoms with Crippen LogP contribution >= 0.6 is 0 Å². The maximum Gasteiger partial charge on any atom is 0.259 e. The van der Waals surface area contributed by atoms with E-state index in [4.69, 9.17) is 0 Å². The molecular formula is C24H24FN7O. The average molecular weight is 446 g/mol. The Bertz CT molecular complexity index is 1340. The van der Waals surface area contributed by atoms with Gasteiger partial charge in [-0.15, -0.1) is 10.2 Å². The topological polar surface area (TPSA) is 90.5 Å². The second-order valence-electron chi connectivity index (χ2n) is 8.63. The lowest BCUT2D eigenvalue weighted by atomic mass is 10.1. The standard InChI is InChI=1S/C24H24FN7O/c1-14(2)20-11-31(12-26-20)21-10-17(18(25)9-15(21)3)24(33)29-22-6-4-5-19(28-22)23-30-27-13-32(23)16-7-8-16/h4-6,9-14,16H,7-8H2,1-3H3,(H,28,29,33). The summed E-state index contributed by atoms with van der Waals surface area (Å²) in [4.78, 5) is 21.9. The van der Waals surface area contributed by atoms with Crippen molar-refractivity contribution in [2.45, 2.75) is 45.6 Å². The number of aryl methyl sites for hydroxylation is 1. The predicted octanol–water partition coefficient (Wildman–Crippen LogP) is 4.68. The fourth-order valence-electron chi connectivity index (χ4n) is 3.74. The van der Waals surface area contributed by atoms with Gasteiger partial charge in [0.15, 0.2) is 5.82 Å². The molecule has 9 heteroatoms. The number of hydrogen-bond donors (Lipinski definition) is 1. The Morgan fingerprint density at radius 1 is 1.21 bits per heavy atom. The van der Waals surface area contributed by atoms with Gasteiger partial charge < -0.3 is 14.5 Å². The van der Waals surface area contributed by atoms with E-state index in [9.17, 15) is 9.18 Å². The predicted molar refractivity (Wildman–Crippen MR) is 122 cm³/mol. The summed E-state index contributed by atoms with van der Waals surface area (Å²) in [6, 6.07) is 8.56. The van der Waals surface area contributed by atoms with Crippen molar-refractivity contribution in [3.8, 4) is 17.2 Å². The Labute approximate surface area is 190 Å². The summed E-state index contributed by atoms with van der Waals surface area (Å²) in [5.74, 6) is 0.0558. The number of nitrogens with zero attached hydrogens (tertiary/aromatic N) is 6. The van der Waals surface area contributed by atoms with Crippen molar-refractivity contribution < 1.29 is 9.18 Å². The molecular weight excluding hydrogens is 421 g/mol. The molecule has 3 heterocycles. The van der Waals surface area contributed by atoms with Crippen molar-refractivity contribution in [3.05, 3.63) is 71.8 Å². The fraction of sp³-hybridized carbons (Fsp3) is 0.292. The Hall–Kier alpha value is -3.88. The van der Waals surface area contributed by atoms with E-state index in [1.165, 1.54) is 6.07 Å². The molecule has 1 saturated carbocycles. The molecule has 0 radical (unpaired) electrons. The average Bonchev–Trinajstić information content (AvgIpc) is 3.30. The third kappa shape index (κ3) is 4.13. The van der Waals surface area contributed by atoms with Crippen LogP contribution in [0.15, 0.2) is 49.2 Å². The molecule has 1 fully saturated rings. The van der Waals surface area contributed by atoms with Gasteiger partial charge in [0.05, 0.1) is 23.3 Å². The van der Waals surface area contributed by atoms with Crippen LogP contribution in [0.2, 0.25) is 0 Å². The first-order valence-electron chi connectivity index (χ1n) is 10.9. The van der Waals surface area contributed by atoms with Gasteiger partial charge in [0.1, 0.15) is 23.7 Å². The second-order valence-corrected chi connectivity index (χ2v) is 8.63. The molecule has 0 spiro atoms. The number of amides is 1. The lowest BCUT2D eigenvalue weighted by Crippen LogP contribution is -2.16. The van der Waals surface area contributed by atoms with Crippen molar-refractivity contribution in [1.29, 1.82) is 0 Å². The van der Waals surface area contributed by atoms with Gasteiger partial charge in [0.25, 0.3) is 5.91 Å². The van der Waals surface area contributed by atoms with Gasteiger partial charge in [-0.25, -0.2) is 14.4 Å². The zero-order chi connectivity index (χ0) is 23.1. The minimum absolute atomic E-state index is 0.0660. The van der Waals surface area contributed by atoms with Gasteiger partial charge in [0.2, 0.25) is 0 Å². The van der Waals surface area contributed by atoms with Crippen LogP contribution in [0.1, 0.15) is 60.3 Å². The molecule has 0 atom stereocenters. The molecule has 0 bridgehead atoms. The Balaban J connectivity index is 1.42. The van der Waals surface area contributed by atoms with Gasteiger partial charge in [-0.05, 0) is 55.5 Å². The summed E-state index contributed by atoms with van der Waals surface area (Å²) < 4.78 is 18.6. The van der Waals surface area contributed by atoms with Crippen LogP contribution in [0, 0.1) is 12.7 Å². The first-order chi connectivity index (χ1) is 15.9.